The Labute approximate surface area is 159 Å². The van der Waals surface area contributed by atoms with Crippen LogP contribution in [0.15, 0.2) is 66.7 Å². The summed E-state index contributed by atoms with van der Waals surface area (Å²) in [5.74, 6) is 0.361. The lowest BCUT2D eigenvalue weighted by molar-refractivity contribution is 0.411. The van der Waals surface area contributed by atoms with Gasteiger partial charge in [0.05, 0.1) is 0 Å². The van der Waals surface area contributed by atoms with Crippen LogP contribution < -0.4 is 0 Å². The Morgan fingerprint density at radius 1 is 0.667 bits per heavy atom. The molecule has 0 aromatic heterocycles. The lowest BCUT2D eigenvalue weighted by atomic mass is 9.86. The van der Waals surface area contributed by atoms with Gasteiger partial charge in [0, 0.05) is 11.1 Å². The third-order valence-electron chi connectivity index (χ3n) is 4.96. The summed E-state index contributed by atoms with van der Waals surface area (Å²) in [4.78, 5) is 0. The second kappa shape index (κ2) is 6.31. The van der Waals surface area contributed by atoms with Gasteiger partial charge in [0.1, 0.15) is 11.5 Å². The van der Waals surface area contributed by atoms with Crippen molar-refractivity contribution in [1.82, 2.24) is 0 Å². The molecule has 27 heavy (non-hydrogen) atoms. The number of aromatic hydroxyl groups is 2. The van der Waals surface area contributed by atoms with Crippen LogP contribution >= 0.6 is 0 Å². The van der Waals surface area contributed by atoms with E-state index in [2.05, 4.69) is 39.0 Å². The van der Waals surface area contributed by atoms with Crippen molar-refractivity contribution in [2.24, 2.45) is 5.41 Å². The predicted octanol–water partition coefficient (Wildman–Crippen LogP) is 6.66. The van der Waals surface area contributed by atoms with Crippen LogP contribution in [0.1, 0.15) is 26.3 Å². The van der Waals surface area contributed by atoms with Crippen LogP contribution in [0.3, 0.4) is 0 Å². The molecule has 4 aromatic rings. The number of hydrogen-bond donors (Lipinski definition) is 2. The largest absolute Gasteiger partial charge is 0.507 e. The number of phenols is 2. The van der Waals surface area contributed by atoms with Crippen molar-refractivity contribution in [3.63, 3.8) is 0 Å². The van der Waals surface area contributed by atoms with Gasteiger partial charge >= 0.3 is 0 Å². The molecule has 0 aliphatic carbocycles. The van der Waals surface area contributed by atoms with Crippen molar-refractivity contribution < 1.29 is 10.2 Å². The van der Waals surface area contributed by atoms with Gasteiger partial charge in [0.25, 0.3) is 0 Å². The highest BCUT2D eigenvalue weighted by Crippen LogP contribution is 2.44. The minimum absolute atomic E-state index is 0.173. The minimum Gasteiger partial charge on any atom is -0.507 e. The molecular formula is C25H24O2. The SMILES string of the molecule is CC(C)(C)Cc1ccc2ccc(O)c(-c3c(O)ccc4ccccc34)c2c1. The first kappa shape index (κ1) is 17.4. The Bertz CT molecular complexity index is 1150. The molecule has 0 saturated carbocycles. The molecule has 4 aromatic carbocycles. The molecule has 4 rings (SSSR count). The molecule has 0 fully saturated rings. The first-order valence-electron chi connectivity index (χ1n) is 9.29. The summed E-state index contributed by atoms with van der Waals surface area (Å²) in [5.41, 5.74) is 2.77. The Morgan fingerprint density at radius 3 is 1.89 bits per heavy atom. The van der Waals surface area contributed by atoms with Gasteiger partial charge in [-0.15, -0.1) is 0 Å². The van der Waals surface area contributed by atoms with E-state index in [1.807, 2.05) is 36.4 Å². The zero-order chi connectivity index (χ0) is 19.2. The first-order chi connectivity index (χ1) is 12.8. The molecule has 2 nitrogen and oxygen atoms in total. The molecule has 0 heterocycles. The van der Waals surface area contributed by atoms with Gasteiger partial charge < -0.3 is 10.2 Å². The van der Waals surface area contributed by atoms with Crippen molar-refractivity contribution >= 4 is 21.5 Å². The first-order valence-corrected chi connectivity index (χ1v) is 9.29. The van der Waals surface area contributed by atoms with E-state index in [0.717, 1.165) is 28.0 Å². The monoisotopic (exact) mass is 356 g/mol. The molecule has 0 bridgehead atoms. The standard InChI is InChI=1S/C25H24O2/c1-25(2,3)15-16-8-9-18-11-13-22(27)24(20(18)14-16)23-19-7-5-4-6-17(19)10-12-21(23)26/h4-14,26-27H,15H2,1-3H3. The number of fused-ring (bicyclic) bond motifs is 2. The van der Waals surface area contributed by atoms with Crippen LogP contribution in [0.2, 0.25) is 0 Å². The van der Waals surface area contributed by atoms with E-state index >= 15 is 0 Å². The summed E-state index contributed by atoms with van der Waals surface area (Å²) < 4.78 is 0. The van der Waals surface area contributed by atoms with Crippen molar-refractivity contribution in [2.75, 3.05) is 0 Å². The third kappa shape index (κ3) is 3.23. The minimum atomic E-state index is 0.173. The Balaban J connectivity index is 2.06. The maximum atomic E-state index is 10.8. The number of rotatable bonds is 2. The van der Waals surface area contributed by atoms with Gasteiger partial charge in [-0.25, -0.2) is 0 Å². The normalized spacial score (nSPS) is 12.0. The Kier molecular flexibility index (Phi) is 4.07. The van der Waals surface area contributed by atoms with E-state index in [4.69, 9.17) is 0 Å². The van der Waals surface area contributed by atoms with Gasteiger partial charge in [0.15, 0.2) is 0 Å². The van der Waals surface area contributed by atoms with Gasteiger partial charge in [-0.2, -0.15) is 0 Å². The fraction of sp³-hybridized carbons (Fsp3) is 0.200. The van der Waals surface area contributed by atoms with Crippen molar-refractivity contribution in [3.05, 3.63) is 72.3 Å². The number of phenolic OH excluding ortho intramolecular Hbond substituents is 2. The summed E-state index contributed by atoms with van der Waals surface area (Å²) in [7, 11) is 0. The van der Waals surface area contributed by atoms with Gasteiger partial charge in [-0.3, -0.25) is 0 Å². The Morgan fingerprint density at radius 2 is 1.22 bits per heavy atom. The highest BCUT2D eigenvalue weighted by Gasteiger charge is 2.18. The van der Waals surface area contributed by atoms with E-state index in [9.17, 15) is 10.2 Å². The highest BCUT2D eigenvalue weighted by molar-refractivity contribution is 6.09. The molecule has 0 aliphatic heterocycles. The fourth-order valence-electron chi connectivity index (χ4n) is 3.86. The van der Waals surface area contributed by atoms with Crippen LogP contribution in [0, 0.1) is 5.41 Å². The van der Waals surface area contributed by atoms with Crippen LogP contribution in [-0.4, -0.2) is 10.2 Å². The number of benzene rings is 4. The molecular weight excluding hydrogens is 332 g/mol. The van der Waals surface area contributed by atoms with E-state index in [1.54, 1.807) is 12.1 Å². The topological polar surface area (TPSA) is 40.5 Å². The maximum Gasteiger partial charge on any atom is 0.124 e. The van der Waals surface area contributed by atoms with Crippen molar-refractivity contribution in [2.45, 2.75) is 27.2 Å². The van der Waals surface area contributed by atoms with Crippen molar-refractivity contribution in [3.8, 4) is 22.6 Å². The molecule has 0 aliphatic rings. The smallest absolute Gasteiger partial charge is 0.124 e. The van der Waals surface area contributed by atoms with E-state index in [-0.39, 0.29) is 16.9 Å². The van der Waals surface area contributed by atoms with E-state index in [0.29, 0.717) is 11.1 Å². The van der Waals surface area contributed by atoms with E-state index in [1.165, 1.54) is 5.56 Å². The summed E-state index contributed by atoms with van der Waals surface area (Å²) in [6.07, 6.45) is 0.944. The van der Waals surface area contributed by atoms with Gasteiger partial charge in [0.2, 0.25) is 0 Å². The van der Waals surface area contributed by atoms with Crippen molar-refractivity contribution in [1.29, 1.82) is 0 Å². The second-order valence-corrected chi connectivity index (χ2v) is 8.43. The number of hydrogen-bond acceptors (Lipinski definition) is 2. The molecule has 0 amide bonds. The Hall–Kier alpha value is -3.00. The fourth-order valence-corrected chi connectivity index (χ4v) is 3.86. The van der Waals surface area contributed by atoms with E-state index < -0.39 is 0 Å². The highest BCUT2D eigenvalue weighted by atomic mass is 16.3. The molecule has 0 atom stereocenters. The molecule has 0 radical (unpaired) electrons. The zero-order valence-electron chi connectivity index (χ0n) is 16.0. The lowest BCUT2D eigenvalue weighted by Gasteiger charge is -2.19. The zero-order valence-corrected chi connectivity index (χ0v) is 16.0. The predicted molar refractivity (Wildman–Crippen MR) is 113 cm³/mol. The summed E-state index contributed by atoms with van der Waals surface area (Å²) in [5, 5.41) is 25.4. The molecule has 2 N–H and O–H groups in total. The van der Waals surface area contributed by atoms with Gasteiger partial charge in [-0.1, -0.05) is 75.4 Å². The average Bonchev–Trinajstić information content (AvgIpc) is 2.61. The second-order valence-electron chi connectivity index (χ2n) is 8.43. The quantitative estimate of drug-likeness (QED) is 0.421. The van der Waals surface area contributed by atoms with Gasteiger partial charge in [-0.05, 0) is 51.1 Å². The summed E-state index contributed by atoms with van der Waals surface area (Å²) >= 11 is 0. The summed E-state index contributed by atoms with van der Waals surface area (Å²) in [6.45, 7) is 6.66. The van der Waals surface area contributed by atoms with Crippen LogP contribution in [0.25, 0.3) is 32.7 Å². The molecule has 136 valence electrons. The molecule has 0 spiro atoms. The van der Waals surface area contributed by atoms with Crippen LogP contribution in [-0.2, 0) is 6.42 Å². The average molecular weight is 356 g/mol. The molecule has 0 saturated heterocycles. The van der Waals surface area contributed by atoms with Crippen LogP contribution in [0.5, 0.6) is 11.5 Å². The lowest BCUT2D eigenvalue weighted by Crippen LogP contribution is -2.08. The molecule has 0 unspecified atom stereocenters. The summed E-state index contributed by atoms with van der Waals surface area (Å²) in [6, 6.07) is 21.6. The molecule has 2 heteroatoms. The third-order valence-corrected chi connectivity index (χ3v) is 4.96. The van der Waals surface area contributed by atoms with Crippen LogP contribution in [0.4, 0.5) is 0 Å². The maximum absolute atomic E-state index is 10.8.